The molecule has 2 aromatic rings. The SMILES string of the molecule is CN=C(NCCCCOCc1ccccc1)NCCc1ccc(C)c(OC)c1.I. The Kier molecular flexibility index (Phi) is 13.1. The second kappa shape index (κ2) is 15.1. The van der Waals surface area contributed by atoms with Gasteiger partial charge in [-0.15, -0.1) is 24.0 Å². The Morgan fingerprint density at radius 3 is 2.45 bits per heavy atom. The maximum atomic E-state index is 5.71. The van der Waals surface area contributed by atoms with Crippen molar-refractivity contribution < 1.29 is 9.47 Å². The number of halogens is 1. The lowest BCUT2D eigenvalue weighted by atomic mass is 10.1. The number of aryl methyl sites for hydroxylation is 1. The Labute approximate surface area is 192 Å². The van der Waals surface area contributed by atoms with Crippen molar-refractivity contribution in [2.45, 2.75) is 32.8 Å². The van der Waals surface area contributed by atoms with Crippen molar-refractivity contribution in [2.24, 2.45) is 4.99 Å². The van der Waals surface area contributed by atoms with Gasteiger partial charge in [-0.1, -0.05) is 42.5 Å². The molecule has 0 spiro atoms. The van der Waals surface area contributed by atoms with E-state index in [1.54, 1.807) is 14.2 Å². The Hall–Kier alpha value is -1.80. The molecule has 0 atom stereocenters. The molecule has 0 saturated heterocycles. The van der Waals surface area contributed by atoms with Gasteiger partial charge in [0.1, 0.15) is 5.75 Å². The normalized spacial score (nSPS) is 10.9. The van der Waals surface area contributed by atoms with Crippen LogP contribution in [0, 0.1) is 6.92 Å². The van der Waals surface area contributed by atoms with Crippen LogP contribution >= 0.6 is 24.0 Å². The van der Waals surface area contributed by atoms with Gasteiger partial charge in [0, 0.05) is 26.7 Å². The van der Waals surface area contributed by atoms with E-state index < -0.39 is 0 Å². The summed E-state index contributed by atoms with van der Waals surface area (Å²) < 4.78 is 11.1. The molecule has 0 amide bonds. The molecule has 0 aliphatic carbocycles. The quantitative estimate of drug-likeness (QED) is 0.204. The van der Waals surface area contributed by atoms with Crippen molar-refractivity contribution in [1.29, 1.82) is 0 Å². The van der Waals surface area contributed by atoms with E-state index in [2.05, 4.69) is 52.9 Å². The number of methoxy groups -OCH3 is 1. The molecular weight excluding hydrogens is 477 g/mol. The van der Waals surface area contributed by atoms with Gasteiger partial charge in [-0.3, -0.25) is 4.99 Å². The molecule has 160 valence electrons. The van der Waals surface area contributed by atoms with Gasteiger partial charge in [-0.2, -0.15) is 0 Å². The van der Waals surface area contributed by atoms with Crippen LogP contribution in [-0.4, -0.2) is 39.8 Å². The second-order valence-corrected chi connectivity index (χ2v) is 6.73. The Morgan fingerprint density at radius 2 is 1.72 bits per heavy atom. The summed E-state index contributed by atoms with van der Waals surface area (Å²) in [7, 11) is 3.51. The van der Waals surface area contributed by atoms with Crippen molar-refractivity contribution in [1.82, 2.24) is 10.6 Å². The summed E-state index contributed by atoms with van der Waals surface area (Å²) in [6.07, 6.45) is 3.00. The van der Waals surface area contributed by atoms with Crippen molar-refractivity contribution in [3.8, 4) is 5.75 Å². The number of rotatable bonds is 11. The number of guanidine groups is 1. The van der Waals surface area contributed by atoms with E-state index in [9.17, 15) is 0 Å². The average molecular weight is 511 g/mol. The van der Waals surface area contributed by atoms with Gasteiger partial charge in [-0.25, -0.2) is 0 Å². The number of benzene rings is 2. The molecule has 6 heteroatoms. The van der Waals surface area contributed by atoms with E-state index in [0.29, 0.717) is 6.61 Å². The number of unbranched alkanes of at least 4 members (excludes halogenated alkanes) is 1. The van der Waals surface area contributed by atoms with Gasteiger partial charge in [0.15, 0.2) is 5.96 Å². The van der Waals surface area contributed by atoms with Crippen LogP contribution in [-0.2, 0) is 17.8 Å². The van der Waals surface area contributed by atoms with Crippen LogP contribution < -0.4 is 15.4 Å². The lowest BCUT2D eigenvalue weighted by Crippen LogP contribution is -2.38. The Bertz CT molecular complexity index is 723. The highest BCUT2D eigenvalue weighted by Gasteiger charge is 2.02. The third kappa shape index (κ3) is 9.99. The Balaban J connectivity index is 0.00000420. The Morgan fingerprint density at radius 1 is 0.966 bits per heavy atom. The smallest absolute Gasteiger partial charge is 0.190 e. The van der Waals surface area contributed by atoms with Gasteiger partial charge < -0.3 is 20.1 Å². The molecule has 0 heterocycles. The molecular formula is C23H34IN3O2. The second-order valence-electron chi connectivity index (χ2n) is 6.73. The summed E-state index contributed by atoms with van der Waals surface area (Å²) in [6, 6.07) is 16.6. The van der Waals surface area contributed by atoms with Crippen molar-refractivity contribution in [3.63, 3.8) is 0 Å². The van der Waals surface area contributed by atoms with Crippen LogP contribution in [0.1, 0.15) is 29.5 Å². The molecule has 0 unspecified atom stereocenters. The van der Waals surface area contributed by atoms with Crippen molar-refractivity contribution in [2.75, 3.05) is 33.9 Å². The summed E-state index contributed by atoms with van der Waals surface area (Å²) in [6.45, 7) is 5.22. The molecule has 0 fully saturated rings. The lowest BCUT2D eigenvalue weighted by Gasteiger charge is -2.12. The van der Waals surface area contributed by atoms with E-state index in [-0.39, 0.29) is 24.0 Å². The first kappa shape index (κ1) is 25.2. The molecule has 0 aliphatic heterocycles. The summed E-state index contributed by atoms with van der Waals surface area (Å²) in [5, 5.41) is 6.71. The van der Waals surface area contributed by atoms with E-state index in [1.807, 2.05) is 18.2 Å². The highest BCUT2D eigenvalue weighted by Crippen LogP contribution is 2.18. The van der Waals surface area contributed by atoms with Crippen LogP contribution in [0.4, 0.5) is 0 Å². The number of nitrogens with zero attached hydrogens (tertiary/aromatic N) is 1. The topological polar surface area (TPSA) is 54.9 Å². The summed E-state index contributed by atoms with van der Waals surface area (Å²) in [4.78, 5) is 4.28. The minimum absolute atomic E-state index is 0. The summed E-state index contributed by atoms with van der Waals surface area (Å²) >= 11 is 0. The van der Waals surface area contributed by atoms with Crippen LogP contribution in [0.15, 0.2) is 53.5 Å². The lowest BCUT2D eigenvalue weighted by molar-refractivity contribution is 0.117. The zero-order valence-corrected chi connectivity index (χ0v) is 20.1. The summed E-state index contributed by atoms with van der Waals surface area (Å²) in [5.41, 5.74) is 3.63. The number of nitrogens with one attached hydrogen (secondary N) is 2. The molecule has 0 aromatic heterocycles. The van der Waals surface area contributed by atoms with Crippen LogP contribution in [0.5, 0.6) is 5.75 Å². The van der Waals surface area contributed by atoms with Crippen LogP contribution in [0.3, 0.4) is 0 Å². The van der Waals surface area contributed by atoms with Crippen molar-refractivity contribution >= 4 is 29.9 Å². The molecule has 0 saturated carbocycles. The number of hydrogen-bond donors (Lipinski definition) is 2. The molecule has 0 radical (unpaired) electrons. The van der Waals surface area contributed by atoms with Gasteiger partial charge in [0.05, 0.1) is 13.7 Å². The van der Waals surface area contributed by atoms with Gasteiger partial charge in [0.25, 0.3) is 0 Å². The summed E-state index contributed by atoms with van der Waals surface area (Å²) in [5.74, 6) is 1.78. The average Bonchev–Trinajstić information content (AvgIpc) is 2.73. The maximum absolute atomic E-state index is 5.71. The fourth-order valence-corrected chi connectivity index (χ4v) is 2.87. The first-order valence-electron chi connectivity index (χ1n) is 9.92. The molecule has 0 bridgehead atoms. The van der Waals surface area contributed by atoms with Gasteiger partial charge >= 0.3 is 0 Å². The molecule has 29 heavy (non-hydrogen) atoms. The van der Waals surface area contributed by atoms with Gasteiger partial charge in [0.2, 0.25) is 0 Å². The fourth-order valence-electron chi connectivity index (χ4n) is 2.87. The minimum atomic E-state index is 0. The zero-order chi connectivity index (χ0) is 20.0. The van der Waals surface area contributed by atoms with Crippen LogP contribution in [0.25, 0.3) is 0 Å². The van der Waals surface area contributed by atoms with E-state index in [4.69, 9.17) is 9.47 Å². The number of aliphatic imine (C=N–C) groups is 1. The van der Waals surface area contributed by atoms with E-state index >= 15 is 0 Å². The number of hydrogen-bond acceptors (Lipinski definition) is 3. The highest BCUT2D eigenvalue weighted by molar-refractivity contribution is 14.0. The van der Waals surface area contributed by atoms with E-state index in [1.165, 1.54) is 11.1 Å². The standard InChI is InChI=1S/C23H33N3O2.HI/c1-19-11-12-20(17-22(19)27-3)13-15-26-23(24-2)25-14-7-8-16-28-18-21-9-5-4-6-10-21;/h4-6,9-12,17H,7-8,13-16,18H2,1-3H3,(H2,24,25,26);1H. The first-order chi connectivity index (χ1) is 13.7. The molecule has 2 N–H and O–H groups in total. The molecule has 2 rings (SSSR count). The molecule has 2 aromatic carbocycles. The van der Waals surface area contributed by atoms with Crippen molar-refractivity contribution in [3.05, 3.63) is 65.2 Å². The first-order valence-corrected chi connectivity index (χ1v) is 9.92. The predicted octanol–water partition coefficient (Wildman–Crippen LogP) is 4.33. The van der Waals surface area contributed by atoms with E-state index in [0.717, 1.165) is 56.2 Å². The number of ether oxygens (including phenoxy) is 2. The maximum Gasteiger partial charge on any atom is 0.190 e. The van der Waals surface area contributed by atoms with Gasteiger partial charge in [-0.05, 0) is 48.9 Å². The molecule has 0 aliphatic rings. The predicted molar refractivity (Wildman–Crippen MR) is 132 cm³/mol. The molecule has 5 nitrogen and oxygen atoms in total. The highest BCUT2D eigenvalue weighted by atomic mass is 127. The fraction of sp³-hybridized carbons (Fsp3) is 0.435. The minimum Gasteiger partial charge on any atom is -0.496 e. The third-order valence-corrected chi connectivity index (χ3v) is 4.52. The largest absolute Gasteiger partial charge is 0.496 e. The van der Waals surface area contributed by atoms with Crippen LogP contribution in [0.2, 0.25) is 0 Å². The monoisotopic (exact) mass is 511 g/mol. The third-order valence-electron chi connectivity index (χ3n) is 4.52. The zero-order valence-electron chi connectivity index (χ0n) is 17.7.